The lowest BCUT2D eigenvalue weighted by Crippen LogP contribution is -2.61. The van der Waals surface area contributed by atoms with Gasteiger partial charge < -0.3 is 89.2 Å². The standard InChI is InChI=1S/C43H66N12O16/c1-6-21(4)34(42(69)50-28(43(70)71)12-24-13-45-19-47-24)55-37(64)27(11-23-7-9-25(60)10-8-23)49-32(61)14-46-41(68)33(20(2)3)54-40(67)31(18-59)53-39(66)30(17-58)52-38(65)29(16-57)51-35(62)22(5)48-36(63)26(44)15-56/h7-10,13,19-22,26-31,33-34,56-60H,6,11-12,14-18,44H2,1-5H3,(H,45,47)(H,46,68)(H,48,63)(H,49,61)(H,50,69)(H,51,62)(H,52,65)(H,53,66)(H,54,67)(H,55,64)(H,70,71)/t21-,22-,26-,27-,28-,29-,30-,31-,33-,34-/m0/s1. The highest BCUT2D eigenvalue weighted by Gasteiger charge is 2.35. The zero-order valence-electron chi connectivity index (χ0n) is 39.8. The van der Waals surface area contributed by atoms with Crippen molar-refractivity contribution in [3.05, 3.63) is 48.0 Å². The number of benzene rings is 1. The second-order valence-electron chi connectivity index (χ2n) is 16.7. The highest BCUT2D eigenvalue weighted by molar-refractivity contribution is 5.98. The lowest BCUT2D eigenvalue weighted by Gasteiger charge is -2.28. The Kier molecular flexibility index (Phi) is 25.0. The Morgan fingerprint density at radius 1 is 0.592 bits per heavy atom. The SMILES string of the molecule is CC[C@H](C)[C@H](NC(=O)[C@H](Cc1ccc(O)cc1)NC(=O)CNC(=O)[C@@H](NC(=O)[C@H](CO)NC(=O)[C@H](CO)NC(=O)[C@H](CO)NC(=O)[C@H](C)NC(=O)[C@@H](N)CO)C(C)C)C(=O)N[C@@H](Cc1cnc[nH]1)C(=O)O. The molecule has 28 nitrogen and oxygen atoms in total. The molecule has 2 aromatic rings. The van der Waals surface area contributed by atoms with E-state index in [-0.39, 0.29) is 18.6 Å². The summed E-state index contributed by atoms with van der Waals surface area (Å²) in [5.41, 5.74) is 6.28. The lowest BCUT2D eigenvalue weighted by molar-refractivity contribution is -0.142. The minimum absolute atomic E-state index is 0.0871. The van der Waals surface area contributed by atoms with Crippen LogP contribution in [0.2, 0.25) is 0 Å². The van der Waals surface area contributed by atoms with Crippen LogP contribution in [-0.4, -0.2) is 187 Å². The van der Waals surface area contributed by atoms with Crippen molar-refractivity contribution < 1.29 is 78.6 Å². The van der Waals surface area contributed by atoms with Gasteiger partial charge in [-0.2, -0.15) is 0 Å². The van der Waals surface area contributed by atoms with E-state index in [0.717, 1.165) is 0 Å². The van der Waals surface area contributed by atoms with Crippen LogP contribution in [0.5, 0.6) is 5.75 Å². The molecular weight excluding hydrogens is 941 g/mol. The number of aliphatic carboxylic acids is 1. The van der Waals surface area contributed by atoms with Gasteiger partial charge in [-0.3, -0.25) is 43.2 Å². The number of nitrogens with one attached hydrogen (secondary N) is 10. The van der Waals surface area contributed by atoms with Gasteiger partial charge in [-0.25, -0.2) is 9.78 Å². The van der Waals surface area contributed by atoms with Crippen LogP contribution < -0.4 is 53.6 Å². The molecule has 0 unspecified atom stereocenters. The van der Waals surface area contributed by atoms with Crippen molar-refractivity contribution in [2.24, 2.45) is 17.6 Å². The molecule has 0 aliphatic heterocycles. The first-order chi connectivity index (χ1) is 33.5. The fourth-order valence-corrected chi connectivity index (χ4v) is 6.31. The van der Waals surface area contributed by atoms with Crippen LogP contribution >= 0.6 is 0 Å². The predicted octanol–water partition coefficient (Wildman–Crippen LogP) is -7.00. The van der Waals surface area contributed by atoms with Crippen LogP contribution in [0.4, 0.5) is 0 Å². The van der Waals surface area contributed by atoms with Crippen LogP contribution in [0.25, 0.3) is 0 Å². The van der Waals surface area contributed by atoms with Gasteiger partial charge in [-0.15, -0.1) is 0 Å². The van der Waals surface area contributed by atoms with E-state index >= 15 is 0 Å². The van der Waals surface area contributed by atoms with E-state index in [1.54, 1.807) is 13.8 Å². The Morgan fingerprint density at radius 3 is 1.58 bits per heavy atom. The third-order valence-electron chi connectivity index (χ3n) is 10.8. The first-order valence-electron chi connectivity index (χ1n) is 22.4. The number of imidazole rings is 1. The maximum absolute atomic E-state index is 13.9. The highest BCUT2D eigenvalue weighted by Crippen LogP contribution is 2.14. The van der Waals surface area contributed by atoms with Crippen LogP contribution in [0.3, 0.4) is 0 Å². The van der Waals surface area contributed by atoms with Gasteiger partial charge in [0.25, 0.3) is 0 Å². The third-order valence-corrected chi connectivity index (χ3v) is 10.8. The van der Waals surface area contributed by atoms with Gasteiger partial charge in [0.15, 0.2) is 0 Å². The number of carboxylic acid groups (broad SMARTS) is 1. The topological polar surface area (TPSA) is 455 Å². The Bertz CT molecular complexity index is 2130. The van der Waals surface area contributed by atoms with Crippen LogP contribution in [-0.2, 0) is 60.8 Å². The van der Waals surface area contributed by atoms with E-state index in [2.05, 4.69) is 57.8 Å². The Morgan fingerprint density at radius 2 is 1.10 bits per heavy atom. The summed E-state index contributed by atoms with van der Waals surface area (Å²) in [5, 5.41) is 79.0. The van der Waals surface area contributed by atoms with Gasteiger partial charge in [0.1, 0.15) is 60.1 Å². The molecule has 1 aromatic heterocycles. The summed E-state index contributed by atoms with van der Waals surface area (Å²) in [5.74, 6) is -11.6. The number of carbonyl (C=O) groups is 10. The van der Waals surface area contributed by atoms with Crippen LogP contribution in [0, 0.1) is 11.8 Å². The Labute approximate surface area is 407 Å². The number of aliphatic hydroxyl groups is 4. The average molecular weight is 1010 g/mol. The Hall–Kier alpha value is -7.27. The second-order valence-corrected chi connectivity index (χ2v) is 16.7. The number of carboxylic acids is 1. The van der Waals surface area contributed by atoms with E-state index in [4.69, 9.17) is 10.8 Å². The largest absolute Gasteiger partial charge is 0.508 e. The number of rotatable bonds is 30. The van der Waals surface area contributed by atoms with Gasteiger partial charge in [-0.05, 0) is 36.5 Å². The molecular formula is C43H66N12O16. The maximum atomic E-state index is 13.9. The number of hydrogen-bond donors (Lipinski definition) is 17. The molecule has 28 heteroatoms. The number of nitrogens with zero attached hydrogens (tertiary/aromatic N) is 1. The van der Waals surface area contributed by atoms with Crippen molar-refractivity contribution in [3.8, 4) is 5.75 Å². The monoisotopic (exact) mass is 1010 g/mol. The number of aromatic amines is 1. The predicted molar refractivity (Wildman–Crippen MR) is 246 cm³/mol. The molecule has 1 aromatic carbocycles. The minimum atomic E-state index is -1.82. The van der Waals surface area contributed by atoms with Gasteiger partial charge >= 0.3 is 5.97 Å². The fraction of sp³-hybridized carbons (Fsp3) is 0.558. The number of phenolic OH excluding ortho intramolecular Hbond substituents is 1. The quantitative estimate of drug-likeness (QED) is 0.0346. The summed E-state index contributed by atoms with van der Waals surface area (Å²) in [6.07, 6.45) is 2.77. The summed E-state index contributed by atoms with van der Waals surface area (Å²) in [7, 11) is 0. The smallest absolute Gasteiger partial charge is 0.326 e. The van der Waals surface area contributed by atoms with E-state index in [1.165, 1.54) is 57.6 Å². The van der Waals surface area contributed by atoms with Gasteiger partial charge in [0, 0.05) is 24.7 Å². The molecule has 0 aliphatic rings. The fourth-order valence-electron chi connectivity index (χ4n) is 6.31. The molecule has 71 heavy (non-hydrogen) atoms. The van der Waals surface area contributed by atoms with E-state index in [1.807, 2.05) is 0 Å². The molecule has 18 N–H and O–H groups in total. The van der Waals surface area contributed by atoms with E-state index < -0.39 is 158 Å². The number of amides is 9. The molecule has 9 amide bonds. The number of aliphatic hydroxyl groups excluding tert-OH is 4. The summed E-state index contributed by atoms with van der Waals surface area (Å²) in [6.45, 7) is 2.98. The van der Waals surface area contributed by atoms with Gasteiger partial charge in [-0.1, -0.05) is 46.2 Å². The molecule has 0 saturated carbocycles. The zero-order chi connectivity index (χ0) is 53.5. The first-order valence-corrected chi connectivity index (χ1v) is 22.4. The summed E-state index contributed by atoms with van der Waals surface area (Å²) < 4.78 is 0. The van der Waals surface area contributed by atoms with Crippen LogP contribution in [0.1, 0.15) is 52.3 Å². The van der Waals surface area contributed by atoms with Crippen molar-refractivity contribution in [3.63, 3.8) is 0 Å². The van der Waals surface area contributed by atoms with E-state index in [0.29, 0.717) is 17.7 Å². The highest BCUT2D eigenvalue weighted by atomic mass is 16.4. The van der Waals surface area contributed by atoms with Gasteiger partial charge in [0.2, 0.25) is 53.2 Å². The molecule has 0 saturated heterocycles. The molecule has 10 atom stereocenters. The van der Waals surface area contributed by atoms with Crippen LogP contribution in [0.15, 0.2) is 36.8 Å². The number of phenols is 1. The number of aromatic nitrogens is 2. The number of nitrogens with two attached hydrogens (primary N) is 1. The van der Waals surface area contributed by atoms with Crippen molar-refractivity contribution in [2.75, 3.05) is 33.0 Å². The minimum Gasteiger partial charge on any atom is -0.508 e. The maximum Gasteiger partial charge on any atom is 0.326 e. The normalized spacial score (nSPS) is 15.3. The van der Waals surface area contributed by atoms with E-state index in [9.17, 15) is 73.5 Å². The summed E-state index contributed by atoms with van der Waals surface area (Å²) in [4.78, 5) is 137. The summed E-state index contributed by atoms with van der Waals surface area (Å²) >= 11 is 0. The molecule has 1 heterocycles. The number of carbonyl (C=O) groups excluding carboxylic acids is 9. The Balaban J connectivity index is 2.15. The zero-order valence-corrected chi connectivity index (χ0v) is 39.8. The molecule has 394 valence electrons. The molecule has 0 bridgehead atoms. The van der Waals surface area contributed by atoms with Crippen molar-refractivity contribution in [1.29, 1.82) is 0 Å². The number of H-pyrrole nitrogens is 1. The second kappa shape index (κ2) is 29.7. The molecule has 0 radical (unpaired) electrons. The molecule has 0 aliphatic carbocycles. The van der Waals surface area contributed by atoms with Crippen molar-refractivity contribution in [1.82, 2.24) is 57.8 Å². The third kappa shape index (κ3) is 19.6. The average Bonchev–Trinajstić information content (AvgIpc) is 3.86. The summed E-state index contributed by atoms with van der Waals surface area (Å²) in [6, 6.07) is -7.83. The van der Waals surface area contributed by atoms with Crippen molar-refractivity contribution in [2.45, 2.75) is 108 Å². The number of aromatic hydroxyl groups is 1. The van der Waals surface area contributed by atoms with Crippen molar-refractivity contribution >= 4 is 59.1 Å². The van der Waals surface area contributed by atoms with Gasteiger partial charge in [0.05, 0.1) is 39.3 Å². The molecule has 0 spiro atoms. The first kappa shape index (κ1) is 59.9. The molecule has 0 fully saturated rings. The number of hydrogen-bond acceptors (Lipinski definition) is 17. The lowest BCUT2D eigenvalue weighted by atomic mass is 9.96. The molecule has 2 rings (SSSR count).